The van der Waals surface area contributed by atoms with Crippen molar-refractivity contribution in [2.24, 2.45) is 0 Å². The molecule has 0 aliphatic rings. The van der Waals surface area contributed by atoms with Gasteiger partial charge in [0.15, 0.2) is 5.82 Å². The summed E-state index contributed by atoms with van der Waals surface area (Å²) < 4.78 is 7.02. The zero-order chi connectivity index (χ0) is 20.3. The van der Waals surface area contributed by atoms with E-state index in [-0.39, 0.29) is 17.7 Å². The first kappa shape index (κ1) is 19.5. The number of nitrogens with zero attached hydrogens (tertiary/aromatic N) is 6. The molecule has 148 valence electrons. The van der Waals surface area contributed by atoms with Crippen molar-refractivity contribution in [3.8, 4) is 28.5 Å². The molecule has 0 radical (unpaired) electrons. The van der Waals surface area contributed by atoms with Crippen LogP contribution in [0.2, 0.25) is 0 Å². The van der Waals surface area contributed by atoms with E-state index >= 15 is 0 Å². The van der Waals surface area contributed by atoms with Crippen LogP contribution in [0.4, 0.5) is 11.8 Å². The summed E-state index contributed by atoms with van der Waals surface area (Å²) in [6, 6.07) is 1.94. The molecular weight excluding hydrogens is 360 g/mol. The van der Waals surface area contributed by atoms with Gasteiger partial charge in [0, 0.05) is 30.5 Å². The zero-order valence-corrected chi connectivity index (χ0v) is 16.3. The first-order valence-electron chi connectivity index (χ1n) is 8.90. The molecule has 0 unspecified atom stereocenters. The number of anilines is 2. The van der Waals surface area contributed by atoms with Gasteiger partial charge in [0.1, 0.15) is 11.4 Å². The molecule has 0 fully saturated rings. The smallest absolute Gasteiger partial charge is 0.257 e. The molecule has 3 aromatic heterocycles. The fraction of sp³-hybridized carbons (Fsp3) is 0.389. The van der Waals surface area contributed by atoms with Gasteiger partial charge in [0.05, 0.1) is 25.1 Å². The summed E-state index contributed by atoms with van der Waals surface area (Å²) in [5.41, 5.74) is 8.37. The van der Waals surface area contributed by atoms with E-state index in [1.165, 1.54) is 7.11 Å². The highest BCUT2D eigenvalue weighted by molar-refractivity contribution is 5.77. The van der Waals surface area contributed by atoms with Crippen LogP contribution in [0.25, 0.3) is 22.6 Å². The van der Waals surface area contributed by atoms with Crippen molar-refractivity contribution in [2.75, 3.05) is 24.7 Å². The third-order valence-corrected chi connectivity index (χ3v) is 3.95. The van der Waals surface area contributed by atoms with Gasteiger partial charge in [-0.25, -0.2) is 19.9 Å². The summed E-state index contributed by atoms with van der Waals surface area (Å²) in [5.74, 6) is 0.870. The highest BCUT2D eigenvalue weighted by Crippen LogP contribution is 2.31. The quantitative estimate of drug-likeness (QED) is 0.556. The molecule has 3 heterocycles. The van der Waals surface area contributed by atoms with Gasteiger partial charge in [0.25, 0.3) is 5.88 Å². The molecular formula is C18H24N8O2. The van der Waals surface area contributed by atoms with Crippen LogP contribution in [0.5, 0.6) is 5.88 Å². The topological polar surface area (TPSA) is 137 Å². The highest BCUT2D eigenvalue weighted by atomic mass is 16.5. The minimum Gasteiger partial charge on any atom is -0.478 e. The van der Waals surface area contributed by atoms with Crippen LogP contribution in [0.1, 0.15) is 26.8 Å². The van der Waals surface area contributed by atoms with Crippen molar-refractivity contribution in [1.29, 1.82) is 0 Å². The summed E-state index contributed by atoms with van der Waals surface area (Å²) in [7, 11) is 1.49. The lowest BCUT2D eigenvalue weighted by Crippen LogP contribution is -2.16. The van der Waals surface area contributed by atoms with E-state index in [0.29, 0.717) is 29.6 Å². The Morgan fingerprint density at radius 3 is 2.68 bits per heavy atom. The van der Waals surface area contributed by atoms with E-state index in [2.05, 4.69) is 30.4 Å². The number of aromatic nitrogens is 6. The van der Waals surface area contributed by atoms with Crippen molar-refractivity contribution < 1.29 is 9.84 Å². The number of hydrogen-bond donors (Lipinski definition) is 3. The van der Waals surface area contributed by atoms with E-state index in [9.17, 15) is 5.11 Å². The van der Waals surface area contributed by atoms with E-state index in [4.69, 9.17) is 10.5 Å². The lowest BCUT2D eigenvalue weighted by Gasteiger charge is -2.08. The van der Waals surface area contributed by atoms with Crippen molar-refractivity contribution in [2.45, 2.75) is 32.9 Å². The van der Waals surface area contributed by atoms with Gasteiger partial charge in [-0.05, 0) is 26.8 Å². The molecule has 0 aliphatic heterocycles. The van der Waals surface area contributed by atoms with Crippen LogP contribution in [0.3, 0.4) is 0 Å². The molecule has 0 saturated heterocycles. The van der Waals surface area contributed by atoms with E-state index in [0.717, 1.165) is 5.56 Å². The molecule has 10 heteroatoms. The number of nitrogens with one attached hydrogen (secondary N) is 1. The monoisotopic (exact) mass is 384 g/mol. The Morgan fingerprint density at radius 1 is 1.21 bits per heavy atom. The number of rotatable bonds is 7. The van der Waals surface area contributed by atoms with Gasteiger partial charge in [-0.2, -0.15) is 5.10 Å². The normalized spacial score (nSPS) is 12.2. The summed E-state index contributed by atoms with van der Waals surface area (Å²) in [6.45, 7) is 6.10. The van der Waals surface area contributed by atoms with Gasteiger partial charge in [-0.15, -0.1) is 0 Å². The van der Waals surface area contributed by atoms with E-state index in [1.54, 1.807) is 25.4 Å². The number of methoxy groups -OCH3 is 1. The lowest BCUT2D eigenvalue weighted by atomic mass is 10.1. The summed E-state index contributed by atoms with van der Waals surface area (Å²) in [6.07, 6.45) is 4.61. The summed E-state index contributed by atoms with van der Waals surface area (Å²) >= 11 is 0. The van der Waals surface area contributed by atoms with Crippen molar-refractivity contribution >= 4 is 11.8 Å². The maximum Gasteiger partial charge on any atom is 0.257 e. The van der Waals surface area contributed by atoms with Gasteiger partial charge in [-0.3, -0.25) is 4.68 Å². The van der Waals surface area contributed by atoms with Gasteiger partial charge in [0.2, 0.25) is 5.95 Å². The third kappa shape index (κ3) is 4.17. The Balaban J connectivity index is 2.07. The van der Waals surface area contributed by atoms with Crippen LogP contribution in [-0.2, 0) is 0 Å². The largest absolute Gasteiger partial charge is 0.478 e. The second kappa shape index (κ2) is 8.17. The maximum atomic E-state index is 9.46. The number of ether oxygens (including phenoxy) is 1. The second-order valence-corrected chi connectivity index (χ2v) is 6.61. The van der Waals surface area contributed by atoms with Crippen LogP contribution in [0, 0.1) is 0 Å². The van der Waals surface area contributed by atoms with Crippen molar-refractivity contribution in [3.63, 3.8) is 0 Å². The molecule has 0 aromatic carbocycles. The Hall–Kier alpha value is -3.27. The zero-order valence-electron chi connectivity index (χ0n) is 16.3. The van der Waals surface area contributed by atoms with Gasteiger partial charge >= 0.3 is 0 Å². The molecule has 4 N–H and O–H groups in total. The summed E-state index contributed by atoms with van der Waals surface area (Å²) in [5, 5.41) is 17.1. The van der Waals surface area contributed by atoms with Gasteiger partial charge < -0.3 is 20.9 Å². The van der Waals surface area contributed by atoms with Crippen LogP contribution < -0.4 is 15.8 Å². The predicted octanol–water partition coefficient (Wildman–Crippen LogP) is 1.76. The van der Waals surface area contributed by atoms with Crippen molar-refractivity contribution in [3.05, 3.63) is 24.7 Å². The molecule has 3 aromatic rings. The summed E-state index contributed by atoms with van der Waals surface area (Å²) in [4.78, 5) is 17.3. The number of aliphatic hydroxyl groups excluding tert-OH is 1. The fourth-order valence-corrected chi connectivity index (χ4v) is 2.51. The Bertz CT molecular complexity index is 955. The standard InChI is InChI=1S/C18H24N8O2/c1-10(2)26-9-12(13-5-6-20-18(24-13)22-7-11(3)27)15(25-26)14-8-21-16(19)17(23-14)28-4/h5-6,8-11,27H,7H2,1-4H3,(H2,19,21)(H,20,22,24)/t11-/m0/s1. The molecule has 0 amide bonds. The number of nitrogen functional groups attached to an aromatic ring is 1. The van der Waals surface area contributed by atoms with Crippen molar-refractivity contribution in [1.82, 2.24) is 29.7 Å². The third-order valence-electron chi connectivity index (χ3n) is 3.95. The van der Waals surface area contributed by atoms with Crippen LogP contribution >= 0.6 is 0 Å². The molecule has 1 atom stereocenters. The second-order valence-electron chi connectivity index (χ2n) is 6.61. The number of nitrogens with two attached hydrogens (primary N) is 1. The molecule has 10 nitrogen and oxygen atoms in total. The van der Waals surface area contributed by atoms with Crippen LogP contribution in [0.15, 0.2) is 24.7 Å². The molecule has 0 saturated carbocycles. The average Bonchev–Trinajstić information content (AvgIpc) is 3.13. The first-order valence-corrected chi connectivity index (χ1v) is 8.90. The minimum absolute atomic E-state index is 0.144. The minimum atomic E-state index is -0.510. The SMILES string of the molecule is COc1nc(-c2nn(C(C)C)cc2-c2ccnc(NC[C@H](C)O)n2)cnc1N. The lowest BCUT2D eigenvalue weighted by molar-refractivity contribution is 0.208. The maximum absolute atomic E-state index is 9.46. The Kier molecular flexibility index (Phi) is 5.69. The molecule has 0 bridgehead atoms. The highest BCUT2D eigenvalue weighted by Gasteiger charge is 2.19. The van der Waals surface area contributed by atoms with Gasteiger partial charge in [-0.1, -0.05) is 0 Å². The average molecular weight is 384 g/mol. The molecule has 0 spiro atoms. The van der Waals surface area contributed by atoms with E-state index in [1.807, 2.05) is 24.7 Å². The Morgan fingerprint density at radius 2 is 2.00 bits per heavy atom. The number of hydrogen-bond acceptors (Lipinski definition) is 9. The molecule has 3 rings (SSSR count). The van der Waals surface area contributed by atoms with Crippen LogP contribution in [-0.4, -0.2) is 54.6 Å². The fourth-order valence-electron chi connectivity index (χ4n) is 2.51. The molecule has 0 aliphatic carbocycles. The molecule has 28 heavy (non-hydrogen) atoms. The number of aliphatic hydroxyl groups is 1. The Labute approximate surface area is 162 Å². The van der Waals surface area contributed by atoms with E-state index < -0.39 is 6.10 Å². The first-order chi connectivity index (χ1) is 13.4. The predicted molar refractivity (Wildman–Crippen MR) is 106 cm³/mol.